The number of benzene rings is 1. The average molecular weight is 292 g/mol. The second kappa shape index (κ2) is 6.42. The number of hydrogen-bond acceptors (Lipinski definition) is 2. The van der Waals surface area contributed by atoms with Gasteiger partial charge in [0.25, 0.3) is 0 Å². The Bertz CT molecular complexity index is 558. The highest BCUT2D eigenvalue weighted by atomic mass is 35.5. The zero-order valence-electron chi connectivity index (χ0n) is 12.5. The second-order valence-corrected chi connectivity index (χ2v) is 5.64. The smallest absolute Gasteiger partial charge is 0.0837 e. The normalized spacial score (nSPS) is 12.9. The van der Waals surface area contributed by atoms with E-state index in [0.717, 1.165) is 12.1 Å². The third-order valence-corrected chi connectivity index (χ3v) is 3.85. The molecule has 0 saturated heterocycles. The molecule has 108 valence electrons. The first-order chi connectivity index (χ1) is 9.58. The lowest BCUT2D eigenvalue weighted by molar-refractivity contribution is 0.484. The molecule has 0 saturated carbocycles. The highest BCUT2D eigenvalue weighted by molar-refractivity contribution is 6.31. The number of aryl methyl sites for hydroxylation is 1. The van der Waals surface area contributed by atoms with Gasteiger partial charge in [-0.25, -0.2) is 0 Å². The van der Waals surface area contributed by atoms with Crippen molar-refractivity contribution in [2.45, 2.75) is 39.3 Å². The van der Waals surface area contributed by atoms with Crippen LogP contribution < -0.4 is 5.32 Å². The summed E-state index contributed by atoms with van der Waals surface area (Å²) in [6, 6.07) is 9.00. The molecular weight excluding hydrogens is 270 g/mol. The van der Waals surface area contributed by atoms with Crippen molar-refractivity contribution < 1.29 is 0 Å². The summed E-state index contributed by atoms with van der Waals surface area (Å²) in [5.41, 5.74) is 3.56. The van der Waals surface area contributed by atoms with E-state index in [1.165, 1.54) is 11.1 Å². The predicted molar refractivity (Wildman–Crippen MR) is 84.3 cm³/mol. The van der Waals surface area contributed by atoms with E-state index in [4.69, 9.17) is 11.6 Å². The van der Waals surface area contributed by atoms with Gasteiger partial charge in [-0.2, -0.15) is 5.10 Å². The molecule has 2 rings (SSSR count). The number of rotatable bonds is 5. The van der Waals surface area contributed by atoms with Crippen molar-refractivity contribution in [2.24, 2.45) is 0 Å². The molecule has 1 atom stereocenters. The zero-order valence-corrected chi connectivity index (χ0v) is 13.3. The van der Waals surface area contributed by atoms with Crippen molar-refractivity contribution in [2.75, 3.05) is 7.05 Å². The molecular formula is C16H22ClN3. The van der Waals surface area contributed by atoms with E-state index >= 15 is 0 Å². The summed E-state index contributed by atoms with van der Waals surface area (Å²) in [5, 5.41) is 8.44. The fraction of sp³-hybridized carbons (Fsp3) is 0.438. The van der Waals surface area contributed by atoms with Crippen molar-refractivity contribution >= 4 is 11.6 Å². The minimum atomic E-state index is 0.0540. The molecule has 1 N–H and O–H groups in total. The molecule has 1 aromatic heterocycles. The van der Waals surface area contributed by atoms with Crippen LogP contribution in [0.2, 0.25) is 5.02 Å². The van der Waals surface area contributed by atoms with Crippen LogP contribution in [0.3, 0.4) is 0 Å². The molecule has 20 heavy (non-hydrogen) atoms. The molecule has 2 aromatic rings. The largest absolute Gasteiger partial charge is 0.308 e. The molecule has 0 aliphatic carbocycles. The van der Waals surface area contributed by atoms with Gasteiger partial charge in [-0.1, -0.05) is 42.8 Å². The van der Waals surface area contributed by atoms with Crippen LogP contribution in [0, 0.1) is 0 Å². The molecule has 0 bridgehead atoms. The van der Waals surface area contributed by atoms with E-state index in [2.05, 4.69) is 55.5 Å². The van der Waals surface area contributed by atoms with E-state index in [1.54, 1.807) is 6.20 Å². The van der Waals surface area contributed by atoms with Crippen molar-refractivity contribution in [1.29, 1.82) is 0 Å². The predicted octanol–water partition coefficient (Wildman–Crippen LogP) is 3.99. The summed E-state index contributed by atoms with van der Waals surface area (Å²) >= 11 is 6.35. The number of nitrogens with one attached hydrogen (secondary N) is 1. The third kappa shape index (κ3) is 2.89. The molecule has 0 radical (unpaired) electrons. The summed E-state index contributed by atoms with van der Waals surface area (Å²) in [4.78, 5) is 0. The topological polar surface area (TPSA) is 29.9 Å². The van der Waals surface area contributed by atoms with Gasteiger partial charge in [-0.15, -0.1) is 0 Å². The van der Waals surface area contributed by atoms with Crippen molar-refractivity contribution in [3.05, 3.63) is 52.3 Å². The second-order valence-electron chi connectivity index (χ2n) is 5.23. The van der Waals surface area contributed by atoms with Crippen LogP contribution in [-0.2, 0) is 6.42 Å². The molecule has 0 aliphatic rings. The van der Waals surface area contributed by atoms with Gasteiger partial charge in [0, 0.05) is 6.04 Å². The first kappa shape index (κ1) is 15.1. The lowest BCUT2D eigenvalue weighted by Crippen LogP contribution is -2.22. The average Bonchev–Trinajstić information content (AvgIpc) is 2.83. The van der Waals surface area contributed by atoms with E-state index in [9.17, 15) is 0 Å². The standard InChI is InChI=1S/C16H22ClN3/c1-5-12-6-8-13(9-7-12)15(18-4)16-14(17)10-19-20(16)11(2)3/h6-11,15,18H,5H2,1-4H3. The molecule has 1 aromatic carbocycles. The van der Waals surface area contributed by atoms with Crippen LogP contribution in [-0.4, -0.2) is 16.8 Å². The molecule has 0 aliphatic heterocycles. The molecule has 0 amide bonds. The van der Waals surface area contributed by atoms with E-state index < -0.39 is 0 Å². The molecule has 1 unspecified atom stereocenters. The van der Waals surface area contributed by atoms with E-state index in [-0.39, 0.29) is 12.1 Å². The lowest BCUT2D eigenvalue weighted by Gasteiger charge is -2.21. The summed E-state index contributed by atoms with van der Waals surface area (Å²) in [6.07, 6.45) is 2.77. The van der Waals surface area contributed by atoms with E-state index in [0.29, 0.717) is 5.02 Å². The monoisotopic (exact) mass is 291 g/mol. The van der Waals surface area contributed by atoms with Crippen LogP contribution in [0.5, 0.6) is 0 Å². The van der Waals surface area contributed by atoms with Crippen LogP contribution in [0.4, 0.5) is 0 Å². The summed E-state index contributed by atoms with van der Waals surface area (Å²) in [7, 11) is 1.95. The zero-order chi connectivity index (χ0) is 14.7. The van der Waals surface area contributed by atoms with Crippen LogP contribution in [0.15, 0.2) is 30.5 Å². The maximum Gasteiger partial charge on any atom is 0.0837 e. The van der Waals surface area contributed by atoms with Crippen LogP contribution >= 0.6 is 11.6 Å². The molecule has 4 heteroatoms. The van der Waals surface area contributed by atoms with Gasteiger partial charge in [0.1, 0.15) is 0 Å². The maximum atomic E-state index is 6.35. The summed E-state index contributed by atoms with van der Waals surface area (Å²) in [6.45, 7) is 6.38. The van der Waals surface area contributed by atoms with Crippen LogP contribution in [0.25, 0.3) is 0 Å². The van der Waals surface area contributed by atoms with E-state index in [1.807, 2.05) is 11.7 Å². The van der Waals surface area contributed by atoms with Gasteiger partial charge in [0.05, 0.1) is 23.0 Å². The summed E-state index contributed by atoms with van der Waals surface area (Å²) in [5.74, 6) is 0. The Hall–Kier alpha value is -1.32. The minimum Gasteiger partial charge on any atom is -0.308 e. The van der Waals surface area contributed by atoms with Crippen LogP contribution in [0.1, 0.15) is 49.7 Å². The van der Waals surface area contributed by atoms with Gasteiger partial charge in [-0.3, -0.25) is 4.68 Å². The quantitative estimate of drug-likeness (QED) is 0.903. The van der Waals surface area contributed by atoms with Gasteiger partial charge in [-0.05, 0) is 38.4 Å². The Morgan fingerprint density at radius 2 is 1.90 bits per heavy atom. The highest BCUT2D eigenvalue weighted by Crippen LogP contribution is 2.30. The molecule has 3 nitrogen and oxygen atoms in total. The highest BCUT2D eigenvalue weighted by Gasteiger charge is 2.21. The van der Waals surface area contributed by atoms with Crippen molar-refractivity contribution in [3.8, 4) is 0 Å². The van der Waals surface area contributed by atoms with Gasteiger partial charge < -0.3 is 5.32 Å². The first-order valence-corrected chi connectivity index (χ1v) is 7.45. The number of hydrogen-bond donors (Lipinski definition) is 1. The Kier molecular flexibility index (Phi) is 4.84. The maximum absolute atomic E-state index is 6.35. The molecule has 0 spiro atoms. The Morgan fingerprint density at radius 3 is 2.40 bits per heavy atom. The third-order valence-electron chi connectivity index (χ3n) is 3.56. The van der Waals surface area contributed by atoms with Gasteiger partial charge in [0.2, 0.25) is 0 Å². The summed E-state index contributed by atoms with van der Waals surface area (Å²) < 4.78 is 1.98. The molecule has 1 heterocycles. The lowest BCUT2D eigenvalue weighted by atomic mass is 10.0. The Labute approximate surface area is 126 Å². The Balaban J connectivity index is 2.43. The SMILES string of the molecule is CCc1ccc(C(NC)c2c(Cl)cnn2C(C)C)cc1. The van der Waals surface area contributed by atoms with Crippen molar-refractivity contribution in [3.63, 3.8) is 0 Å². The van der Waals surface area contributed by atoms with Gasteiger partial charge in [0.15, 0.2) is 0 Å². The van der Waals surface area contributed by atoms with Gasteiger partial charge >= 0.3 is 0 Å². The fourth-order valence-corrected chi connectivity index (χ4v) is 2.68. The Morgan fingerprint density at radius 1 is 1.25 bits per heavy atom. The number of aromatic nitrogens is 2. The number of halogens is 1. The number of nitrogens with zero attached hydrogens (tertiary/aromatic N) is 2. The van der Waals surface area contributed by atoms with Crippen molar-refractivity contribution in [1.82, 2.24) is 15.1 Å². The first-order valence-electron chi connectivity index (χ1n) is 7.07. The molecule has 0 fully saturated rings. The minimum absolute atomic E-state index is 0.0540. The fourth-order valence-electron chi connectivity index (χ4n) is 2.44.